The van der Waals surface area contributed by atoms with Crippen molar-refractivity contribution in [3.63, 3.8) is 0 Å². The summed E-state index contributed by atoms with van der Waals surface area (Å²) in [4.78, 5) is 10.4. The van der Waals surface area contributed by atoms with Gasteiger partial charge in [-0.25, -0.2) is 0 Å². The first kappa shape index (κ1) is 16.5. The Morgan fingerprint density at radius 1 is 1.30 bits per heavy atom. The Labute approximate surface area is 119 Å². The fourth-order valence-corrected chi connectivity index (χ4v) is 2.19. The van der Waals surface area contributed by atoms with Crippen LogP contribution in [0.2, 0.25) is 25.7 Å². The van der Waals surface area contributed by atoms with Crippen LogP contribution in [-0.2, 0) is 4.74 Å². The van der Waals surface area contributed by atoms with E-state index in [2.05, 4.69) is 19.6 Å². The van der Waals surface area contributed by atoms with Crippen LogP contribution in [-0.4, -0.2) is 33.5 Å². The molecular formula is C13H21NO5Si. The van der Waals surface area contributed by atoms with Crippen molar-refractivity contribution in [1.29, 1.82) is 0 Å². The fraction of sp³-hybridized carbons (Fsp3) is 0.538. The van der Waals surface area contributed by atoms with Crippen molar-refractivity contribution in [2.45, 2.75) is 25.7 Å². The number of ether oxygens (including phenoxy) is 3. The summed E-state index contributed by atoms with van der Waals surface area (Å²) in [5.74, 6) is 0.662. The van der Waals surface area contributed by atoms with Crippen molar-refractivity contribution in [1.82, 2.24) is 0 Å². The maximum absolute atomic E-state index is 10.9. The monoisotopic (exact) mass is 299 g/mol. The third-order valence-electron chi connectivity index (χ3n) is 2.66. The Hall–Kier alpha value is -1.60. The molecule has 0 saturated carbocycles. The van der Waals surface area contributed by atoms with E-state index < -0.39 is 13.0 Å². The van der Waals surface area contributed by atoms with Crippen LogP contribution in [0.4, 0.5) is 5.69 Å². The average molecular weight is 299 g/mol. The van der Waals surface area contributed by atoms with Crippen LogP contribution in [0.5, 0.6) is 11.5 Å². The SMILES string of the molecule is COc1ccc([N+](=O)[O-])c(OCOCC[Si](C)(C)C)c1. The molecule has 1 aromatic carbocycles. The highest BCUT2D eigenvalue weighted by atomic mass is 28.3. The van der Waals surface area contributed by atoms with Crippen LogP contribution in [0.15, 0.2) is 18.2 Å². The summed E-state index contributed by atoms with van der Waals surface area (Å²) >= 11 is 0. The molecule has 0 saturated heterocycles. The van der Waals surface area contributed by atoms with Gasteiger partial charge in [0.1, 0.15) is 5.75 Å². The van der Waals surface area contributed by atoms with Crippen LogP contribution < -0.4 is 9.47 Å². The Balaban J connectivity index is 2.55. The molecule has 0 aliphatic carbocycles. The molecule has 0 aliphatic heterocycles. The summed E-state index contributed by atoms with van der Waals surface area (Å²) in [7, 11) is 0.357. The molecule has 6 nitrogen and oxygen atoms in total. The number of rotatable bonds is 8. The maximum Gasteiger partial charge on any atom is 0.311 e. The largest absolute Gasteiger partial charge is 0.497 e. The van der Waals surface area contributed by atoms with Crippen molar-refractivity contribution in [3.8, 4) is 11.5 Å². The Morgan fingerprint density at radius 2 is 2.00 bits per heavy atom. The van der Waals surface area contributed by atoms with Gasteiger partial charge < -0.3 is 14.2 Å². The molecule has 0 heterocycles. The summed E-state index contributed by atoms with van der Waals surface area (Å²) in [6, 6.07) is 5.39. The lowest BCUT2D eigenvalue weighted by Gasteiger charge is -2.15. The molecular weight excluding hydrogens is 278 g/mol. The van der Waals surface area contributed by atoms with Crippen molar-refractivity contribution >= 4 is 13.8 Å². The Bertz CT molecular complexity index is 459. The van der Waals surface area contributed by atoms with Gasteiger partial charge in [-0.15, -0.1) is 0 Å². The molecule has 0 radical (unpaired) electrons. The van der Waals surface area contributed by atoms with Crippen molar-refractivity contribution < 1.29 is 19.1 Å². The van der Waals surface area contributed by atoms with Gasteiger partial charge in [0.2, 0.25) is 5.75 Å². The highest BCUT2D eigenvalue weighted by Gasteiger charge is 2.16. The van der Waals surface area contributed by atoms with E-state index in [0.717, 1.165) is 6.04 Å². The standard InChI is InChI=1S/C13H21NO5Si/c1-17-11-5-6-12(14(15)16)13(9-11)19-10-18-7-8-20(2,3)4/h5-6,9H,7-8,10H2,1-4H3. The molecule has 0 N–H and O–H groups in total. The predicted molar refractivity (Wildman–Crippen MR) is 79.2 cm³/mol. The number of benzene rings is 1. The van der Waals surface area contributed by atoms with E-state index in [1.165, 1.54) is 25.3 Å². The smallest absolute Gasteiger partial charge is 0.311 e. The van der Waals surface area contributed by atoms with Crippen LogP contribution in [0.1, 0.15) is 0 Å². The molecule has 112 valence electrons. The first-order valence-electron chi connectivity index (χ1n) is 6.36. The second kappa shape index (κ2) is 7.25. The number of nitrogens with zero attached hydrogens (tertiary/aromatic N) is 1. The molecule has 0 unspecified atom stereocenters. The van der Waals surface area contributed by atoms with E-state index >= 15 is 0 Å². The molecule has 0 bridgehead atoms. The summed E-state index contributed by atoms with van der Waals surface area (Å²) in [6.45, 7) is 7.37. The number of methoxy groups -OCH3 is 1. The first-order chi connectivity index (χ1) is 9.33. The van der Waals surface area contributed by atoms with Gasteiger partial charge in [0.25, 0.3) is 0 Å². The molecule has 0 fully saturated rings. The summed E-state index contributed by atoms with van der Waals surface area (Å²) in [5, 5.41) is 10.9. The summed E-state index contributed by atoms with van der Waals surface area (Å²) in [6.07, 6.45) is 0. The zero-order valence-corrected chi connectivity index (χ0v) is 13.3. The third kappa shape index (κ3) is 5.58. The van der Waals surface area contributed by atoms with Gasteiger partial charge in [-0.1, -0.05) is 19.6 Å². The average Bonchev–Trinajstić information content (AvgIpc) is 2.36. The van der Waals surface area contributed by atoms with E-state index in [4.69, 9.17) is 14.2 Å². The second-order valence-corrected chi connectivity index (χ2v) is 11.2. The third-order valence-corrected chi connectivity index (χ3v) is 4.36. The second-order valence-electron chi connectivity index (χ2n) is 5.57. The van der Waals surface area contributed by atoms with Crippen LogP contribution in [0.25, 0.3) is 0 Å². The first-order valence-corrected chi connectivity index (χ1v) is 10.1. The van der Waals surface area contributed by atoms with Gasteiger partial charge in [0.15, 0.2) is 6.79 Å². The normalized spacial score (nSPS) is 11.2. The molecule has 7 heteroatoms. The number of nitro groups is 1. The highest BCUT2D eigenvalue weighted by Crippen LogP contribution is 2.30. The lowest BCUT2D eigenvalue weighted by Crippen LogP contribution is -2.22. The minimum Gasteiger partial charge on any atom is -0.497 e. The summed E-state index contributed by atoms with van der Waals surface area (Å²) in [5.41, 5.74) is -0.0976. The van der Waals surface area contributed by atoms with Gasteiger partial charge in [-0.05, 0) is 12.1 Å². The highest BCUT2D eigenvalue weighted by molar-refractivity contribution is 6.76. The zero-order valence-electron chi connectivity index (χ0n) is 12.3. The molecule has 20 heavy (non-hydrogen) atoms. The lowest BCUT2D eigenvalue weighted by atomic mass is 10.3. The Kier molecular flexibility index (Phi) is 5.96. The van der Waals surface area contributed by atoms with E-state index in [0.29, 0.717) is 12.4 Å². The molecule has 1 aromatic rings. The molecule has 1 rings (SSSR count). The molecule has 0 aliphatic rings. The van der Waals surface area contributed by atoms with Crippen LogP contribution in [0.3, 0.4) is 0 Å². The van der Waals surface area contributed by atoms with Gasteiger partial charge in [-0.3, -0.25) is 10.1 Å². The van der Waals surface area contributed by atoms with Gasteiger partial charge in [0, 0.05) is 26.8 Å². The van der Waals surface area contributed by atoms with E-state index in [1.807, 2.05) is 0 Å². The van der Waals surface area contributed by atoms with Crippen LogP contribution in [0, 0.1) is 10.1 Å². The van der Waals surface area contributed by atoms with Crippen LogP contribution >= 0.6 is 0 Å². The maximum atomic E-state index is 10.9. The van der Waals surface area contributed by atoms with Gasteiger partial charge in [0.05, 0.1) is 12.0 Å². The van der Waals surface area contributed by atoms with Crippen molar-refractivity contribution in [2.75, 3.05) is 20.5 Å². The van der Waals surface area contributed by atoms with Gasteiger partial charge >= 0.3 is 5.69 Å². The molecule has 0 atom stereocenters. The molecule has 0 aromatic heterocycles. The fourth-order valence-electron chi connectivity index (χ4n) is 1.43. The topological polar surface area (TPSA) is 70.8 Å². The number of hydrogen-bond acceptors (Lipinski definition) is 5. The predicted octanol–water partition coefficient (Wildman–Crippen LogP) is 3.29. The zero-order chi connectivity index (χ0) is 15.2. The minimum atomic E-state index is -1.14. The van der Waals surface area contributed by atoms with Crippen molar-refractivity contribution in [3.05, 3.63) is 28.3 Å². The van der Waals surface area contributed by atoms with E-state index in [-0.39, 0.29) is 18.2 Å². The van der Waals surface area contributed by atoms with E-state index in [1.54, 1.807) is 0 Å². The summed E-state index contributed by atoms with van der Waals surface area (Å²) < 4.78 is 15.7. The lowest BCUT2D eigenvalue weighted by molar-refractivity contribution is -0.386. The van der Waals surface area contributed by atoms with E-state index in [9.17, 15) is 10.1 Å². The molecule has 0 amide bonds. The Morgan fingerprint density at radius 3 is 2.55 bits per heavy atom. The quantitative estimate of drug-likeness (QED) is 0.242. The molecule has 0 spiro atoms. The van der Waals surface area contributed by atoms with Gasteiger partial charge in [-0.2, -0.15) is 0 Å². The number of hydrogen-bond donors (Lipinski definition) is 0. The van der Waals surface area contributed by atoms with Crippen molar-refractivity contribution in [2.24, 2.45) is 0 Å². The number of nitro benzene ring substituents is 1. The minimum absolute atomic E-state index is 0.00150.